The summed E-state index contributed by atoms with van der Waals surface area (Å²) in [6.07, 6.45) is 3.82. The van der Waals surface area contributed by atoms with Gasteiger partial charge in [0.05, 0.1) is 10.6 Å². The van der Waals surface area contributed by atoms with Gasteiger partial charge in [-0.15, -0.1) is 11.3 Å². The Balaban J connectivity index is 1.47. The topological polar surface area (TPSA) is 58.1 Å². The Hall–Kier alpha value is -2.73. The highest BCUT2D eigenvalue weighted by Crippen LogP contribution is 2.28. The molecular formula is C22H24N4OS. The van der Waals surface area contributed by atoms with Gasteiger partial charge in [-0.2, -0.15) is 0 Å². The quantitative estimate of drug-likeness (QED) is 0.685. The maximum absolute atomic E-state index is 12.8. The van der Waals surface area contributed by atoms with E-state index < -0.39 is 0 Å². The van der Waals surface area contributed by atoms with Gasteiger partial charge in [0.25, 0.3) is 5.91 Å². The highest BCUT2D eigenvalue weighted by atomic mass is 32.1. The van der Waals surface area contributed by atoms with Crippen molar-refractivity contribution in [3.63, 3.8) is 0 Å². The molecule has 4 rings (SSSR count). The molecule has 0 saturated carbocycles. The first-order valence-electron chi connectivity index (χ1n) is 9.61. The Morgan fingerprint density at radius 2 is 1.96 bits per heavy atom. The summed E-state index contributed by atoms with van der Waals surface area (Å²) in [5.41, 5.74) is 3.17. The van der Waals surface area contributed by atoms with E-state index in [1.807, 2.05) is 42.2 Å². The third-order valence-corrected chi connectivity index (χ3v) is 6.05. The molecule has 1 fully saturated rings. The number of benzene rings is 1. The molecule has 0 aliphatic carbocycles. The van der Waals surface area contributed by atoms with Crippen LogP contribution in [-0.4, -0.2) is 33.9 Å². The van der Waals surface area contributed by atoms with Gasteiger partial charge in [-0.05, 0) is 57.0 Å². The lowest BCUT2D eigenvalue weighted by molar-refractivity contribution is 0.0711. The first-order valence-corrected chi connectivity index (χ1v) is 10.4. The molecule has 0 unspecified atom stereocenters. The molecule has 6 heteroatoms. The van der Waals surface area contributed by atoms with Gasteiger partial charge >= 0.3 is 0 Å². The molecular weight excluding hydrogens is 368 g/mol. The summed E-state index contributed by atoms with van der Waals surface area (Å²) in [5.74, 6) is 0.967. The molecule has 0 radical (unpaired) electrons. The summed E-state index contributed by atoms with van der Waals surface area (Å²) >= 11 is 1.56. The minimum absolute atomic E-state index is 0.134. The van der Waals surface area contributed by atoms with E-state index in [9.17, 15) is 4.79 Å². The van der Waals surface area contributed by atoms with E-state index in [0.717, 1.165) is 35.6 Å². The zero-order valence-corrected chi connectivity index (χ0v) is 17.0. The van der Waals surface area contributed by atoms with Crippen LogP contribution in [0, 0.1) is 13.8 Å². The zero-order valence-electron chi connectivity index (χ0n) is 16.2. The predicted molar refractivity (Wildman–Crippen MR) is 113 cm³/mol. The number of hydrogen-bond acceptors (Lipinski definition) is 5. The average molecular weight is 393 g/mol. The first kappa shape index (κ1) is 18.6. The lowest BCUT2D eigenvalue weighted by Crippen LogP contribution is -2.39. The van der Waals surface area contributed by atoms with Crippen LogP contribution in [-0.2, 0) is 0 Å². The summed E-state index contributed by atoms with van der Waals surface area (Å²) in [4.78, 5) is 25.9. The fourth-order valence-electron chi connectivity index (χ4n) is 3.53. The Labute approximate surface area is 169 Å². The molecule has 3 heterocycles. The van der Waals surface area contributed by atoms with Gasteiger partial charge in [-0.3, -0.25) is 4.79 Å². The SMILES string of the molecule is Cc1ccc(Nc2nccc([C@@H]3CCCN(C(=O)c4ccc(C)s4)C3)n2)cc1. The summed E-state index contributed by atoms with van der Waals surface area (Å²) < 4.78 is 0. The van der Waals surface area contributed by atoms with E-state index in [0.29, 0.717) is 12.5 Å². The fraction of sp³-hybridized carbons (Fsp3) is 0.318. The van der Waals surface area contributed by atoms with Gasteiger partial charge in [0.1, 0.15) is 0 Å². The second kappa shape index (κ2) is 8.10. The molecule has 1 amide bonds. The average Bonchev–Trinajstić information content (AvgIpc) is 3.16. The van der Waals surface area contributed by atoms with E-state index in [4.69, 9.17) is 4.98 Å². The van der Waals surface area contributed by atoms with Crippen LogP contribution >= 0.6 is 11.3 Å². The molecule has 144 valence electrons. The van der Waals surface area contributed by atoms with Crippen molar-refractivity contribution in [3.8, 4) is 0 Å². The highest BCUT2D eigenvalue weighted by Gasteiger charge is 2.27. The third-order valence-electron chi connectivity index (χ3n) is 5.06. The van der Waals surface area contributed by atoms with Gasteiger partial charge < -0.3 is 10.2 Å². The molecule has 28 heavy (non-hydrogen) atoms. The Morgan fingerprint density at radius 1 is 1.14 bits per heavy atom. The van der Waals surface area contributed by atoms with Crippen molar-refractivity contribution < 1.29 is 4.79 Å². The lowest BCUT2D eigenvalue weighted by Gasteiger charge is -2.32. The number of nitrogens with one attached hydrogen (secondary N) is 1. The lowest BCUT2D eigenvalue weighted by atomic mass is 9.94. The number of amides is 1. The monoisotopic (exact) mass is 392 g/mol. The largest absolute Gasteiger partial charge is 0.337 e. The maximum atomic E-state index is 12.8. The molecule has 1 aliphatic rings. The fourth-order valence-corrected chi connectivity index (χ4v) is 4.37. The summed E-state index contributed by atoms with van der Waals surface area (Å²) in [5, 5.41) is 3.27. The van der Waals surface area contributed by atoms with Crippen LogP contribution in [0.25, 0.3) is 0 Å². The van der Waals surface area contributed by atoms with Crippen LogP contribution in [0.15, 0.2) is 48.7 Å². The van der Waals surface area contributed by atoms with Crippen LogP contribution in [0.4, 0.5) is 11.6 Å². The Kier molecular flexibility index (Phi) is 5.39. The standard InChI is InChI=1S/C22H24N4OS/c1-15-5-8-18(9-6-15)24-22-23-12-11-19(25-22)17-4-3-13-26(14-17)21(27)20-10-7-16(2)28-20/h5-12,17H,3-4,13-14H2,1-2H3,(H,23,24,25)/t17-/m1/s1. The van der Waals surface area contributed by atoms with Gasteiger partial charge in [0.15, 0.2) is 0 Å². The number of rotatable bonds is 4. The summed E-state index contributed by atoms with van der Waals surface area (Å²) in [6, 6.07) is 14.1. The summed E-state index contributed by atoms with van der Waals surface area (Å²) in [7, 11) is 0. The number of nitrogens with zero attached hydrogens (tertiary/aromatic N) is 3. The number of thiophene rings is 1. The molecule has 3 aromatic rings. The number of piperidine rings is 1. The van der Waals surface area contributed by atoms with Crippen molar-refractivity contribution in [1.29, 1.82) is 0 Å². The zero-order chi connectivity index (χ0) is 19.5. The molecule has 1 saturated heterocycles. The molecule has 1 atom stereocenters. The van der Waals surface area contributed by atoms with E-state index in [2.05, 4.69) is 29.4 Å². The van der Waals surface area contributed by atoms with E-state index >= 15 is 0 Å². The molecule has 0 spiro atoms. The molecule has 2 aromatic heterocycles. The number of carbonyl (C=O) groups excluding carboxylic acids is 1. The number of aryl methyl sites for hydroxylation is 2. The van der Waals surface area contributed by atoms with Gasteiger partial charge in [-0.25, -0.2) is 9.97 Å². The van der Waals surface area contributed by atoms with E-state index in [1.54, 1.807) is 17.5 Å². The number of likely N-dealkylation sites (tertiary alicyclic amines) is 1. The molecule has 1 aromatic carbocycles. The Bertz CT molecular complexity index is 967. The van der Waals surface area contributed by atoms with Crippen molar-refractivity contribution in [2.45, 2.75) is 32.6 Å². The number of anilines is 2. The molecule has 5 nitrogen and oxygen atoms in total. The summed E-state index contributed by atoms with van der Waals surface area (Å²) in [6.45, 7) is 5.61. The van der Waals surface area contributed by atoms with Crippen molar-refractivity contribution >= 4 is 28.9 Å². The van der Waals surface area contributed by atoms with Crippen molar-refractivity contribution in [2.24, 2.45) is 0 Å². The molecule has 0 bridgehead atoms. The molecule has 1 N–H and O–H groups in total. The van der Waals surface area contributed by atoms with Gasteiger partial charge in [0.2, 0.25) is 5.95 Å². The third kappa shape index (κ3) is 4.22. The predicted octanol–water partition coefficient (Wildman–Crippen LogP) is 4.92. The number of carbonyl (C=O) groups is 1. The minimum Gasteiger partial charge on any atom is -0.337 e. The van der Waals surface area contributed by atoms with Crippen molar-refractivity contribution in [3.05, 3.63) is 69.7 Å². The second-order valence-corrected chi connectivity index (χ2v) is 8.58. The maximum Gasteiger partial charge on any atom is 0.263 e. The Morgan fingerprint density at radius 3 is 2.71 bits per heavy atom. The van der Waals surface area contributed by atoms with E-state index in [1.165, 1.54) is 10.4 Å². The highest BCUT2D eigenvalue weighted by molar-refractivity contribution is 7.13. The van der Waals surface area contributed by atoms with E-state index in [-0.39, 0.29) is 11.8 Å². The van der Waals surface area contributed by atoms with Crippen LogP contribution < -0.4 is 5.32 Å². The van der Waals surface area contributed by atoms with Crippen molar-refractivity contribution in [1.82, 2.24) is 14.9 Å². The van der Waals surface area contributed by atoms with Crippen LogP contribution in [0.5, 0.6) is 0 Å². The first-order chi connectivity index (χ1) is 13.6. The van der Waals surface area contributed by atoms with Crippen LogP contribution in [0.2, 0.25) is 0 Å². The minimum atomic E-state index is 0.134. The van der Waals surface area contributed by atoms with Gasteiger partial charge in [0, 0.05) is 35.8 Å². The normalized spacial score (nSPS) is 16.8. The van der Waals surface area contributed by atoms with Crippen LogP contribution in [0.1, 0.15) is 44.6 Å². The van der Waals surface area contributed by atoms with Crippen molar-refractivity contribution in [2.75, 3.05) is 18.4 Å². The molecule has 1 aliphatic heterocycles. The number of hydrogen-bond donors (Lipinski definition) is 1. The second-order valence-electron chi connectivity index (χ2n) is 7.30. The van der Waals surface area contributed by atoms with Crippen LogP contribution in [0.3, 0.4) is 0 Å². The van der Waals surface area contributed by atoms with Gasteiger partial charge in [-0.1, -0.05) is 17.7 Å². The smallest absolute Gasteiger partial charge is 0.263 e. The number of aromatic nitrogens is 2.